The molecule has 6 nitrogen and oxygen atoms in total. The van der Waals surface area contributed by atoms with Crippen LogP contribution in [0.5, 0.6) is 11.5 Å². The van der Waals surface area contributed by atoms with Crippen LogP contribution in [0.4, 0.5) is 0 Å². The van der Waals surface area contributed by atoms with Gasteiger partial charge in [0.1, 0.15) is 36.9 Å². The molecule has 42 heavy (non-hydrogen) atoms. The van der Waals surface area contributed by atoms with Crippen molar-refractivity contribution >= 4 is 22.7 Å². The molecule has 228 valence electrons. The van der Waals surface area contributed by atoms with Crippen molar-refractivity contribution in [3.8, 4) is 11.5 Å². The molecule has 0 fully saturated rings. The van der Waals surface area contributed by atoms with Crippen LogP contribution in [0.15, 0.2) is 61.7 Å². The van der Waals surface area contributed by atoms with Crippen LogP contribution >= 0.6 is 0 Å². The normalized spacial score (nSPS) is 13.6. The van der Waals surface area contributed by atoms with Gasteiger partial charge in [0.05, 0.1) is 0 Å². The summed E-state index contributed by atoms with van der Waals surface area (Å²) in [5.41, 5.74) is 2.15. The Bertz CT molecular complexity index is 1120. The molecule has 6 heteroatoms. The zero-order valence-corrected chi connectivity index (χ0v) is 25.5. The van der Waals surface area contributed by atoms with Gasteiger partial charge in [-0.25, -0.2) is 9.59 Å². The second-order valence-electron chi connectivity index (χ2n) is 10.9. The molecular weight excluding hydrogens is 528 g/mol. The van der Waals surface area contributed by atoms with Crippen molar-refractivity contribution in [2.45, 2.75) is 103 Å². The maximum Gasteiger partial charge on any atom is 0.330 e. The number of ether oxygens (including phenoxy) is 4. The maximum atomic E-state index is 12.1. The third-order valence-electron chi connectivity index (χ3n) is 7.62. The van der Waals surface area contributed by atoms with Gasteiger partial charge in [-0.15, -0.1) is 0 Å². The van der Waals surface area contributed by atoms with Crippen molar-refractivity contribution in [3.05, 3.63) is 72.9 Å². The molecule has 0 heterocycles. The smallest absolute Gasteiger partial charge is 0.330 e. The predicted molar refractivity (Wildman–Crippen MR) is 169 cm³/mol. The number of hydrogen-bond acceptors (Lipinski definition) is 6. The third-order valence-corrected chi connectivity index (χ3v) is 7.62. The van der Waals surface area contributed by atoms with Gasteiger partial charge < -0.3 is 18.9 Å². The molecule has 3 rings (SSSR count). The topological polar surface area (TPSA) is 71.1 Å². The Labute approximate surface area is 251 Å². The van der Waals surface area contributed by atoms with Crippen LogP contribution < -0.4 is 9.47 Å². The van der Waals surface area contributed by atoms with E-state index < -0.39 is 11.9 Å². The summed E-state index contributed by atoms with van der Waals surface area (Å²) in [6.07, 6.45) is 17.6. The minimum Gasteiger partial charge on any atom is -0.489 e. The van der Waals surface area contributed by atoms with Gasteiger partial charge in [0, 0.05) is 34.1 Å². The monoisotopic (exact) mass is 576 g/mol. The molecule has 2 unspecified atom stereocenters. The first-order valence-electron chi connectivity index (χ1n) is 15.6. The Morgan fingerprint density at radius 3 is 1.52 bits per heavy atom. The standard InChI is InChI=1S/C36H48O6/c1-5-9-11-13-19-27(41-33(37)7-3)25-39-35-29-21-15-17-23-31(29)36(32-24-18-16-22-30(32)35)40-26-28(42-34(38)8-4)20-14-12-10-6-2/h7-8,15-18,21,23,27-28H,3-6,9-14,19-20,22,24-26H2,1-2H3. The van der Waals surface area contributed by atoms with Crippen molar-refractivity contribution in [1.29, 1.82) is 0 Å². The van der Waals surface area contributed by atoms with Crippen LogP contribution in [0, 0.1) is 0 Å². The second-order valence-corrected chi connectivity index (χ2v) is 10.9. The minimum atomic E-state index is -0.431. The van der Waals surface area contributed by atoms with E-state index in [2.05, 4.69) is 39.2 Å². The molecule has 0 N–H and O–H groups in total. The zero-order chi connectivity index (χ0) is 30.2. The van der Waals surface area contributed by atoms with Gasteiger partial charge in [0.2, 0.25) is 0 Å². The summed E-state index contributed by atoms with van der Waals surface area (Å²) in [7, 11) is 0. The number of esters is 2. The number of benzene rings is 2. The van der Waals surface area contributed by atoms with Gasteiger partial charge in [0.25, 0.3) is 0 Å². The number of unbranched alkanes of at least 4 members (excludes halogenated alkanes) is 6. The molecule has 1 aliphatic rings. The summed E-state index contributed by atoms with van der Waals surface area (Å²) < 4.78 is 24.4. The molecule has 0 bridgehead atoms. The van der Waals surface area contributed by atoms with Gasteiger partial charge in [-0.1, -0.05) is 102 Å². The lowest BCUT2D eigenvalue weighted by molar-refractivity contribution is -0.145. The van der Waals surface area contributed by atoms with E-state index in [0.717, 1.165) is 97.6 Å². The maximum absolute atomic E-state index is 12.1. The molecule has 0 saturated carbocycles. The van der Waals surface area contributed by atoms with Gasteiger partial charge in [-0.05, 0) is 38.5 Å². The van der Waals surface area contributed by atoms with Gasteiger partial charge in [-0.2, -0.15) is 0 Å². The van der Waals surface area contributed by atoms with Gasteiger partial charge >= 0.3 is 11.9 Å². The summed E-state index contributed by atoms with van der Waals surface area (Å²) in [6, 6.07) is 8.07. The quantitative estimate of drug-likeness (QED) is 0.0682. The molecular formula is C36H48O6. The fourth-order valence-electron chi connectivity index (χ4n) is 5.37. The van der Waals surface area contributed by atoms with Gasteiger partial charge in [0.15, 0.2) is 0 Å². The summed E-state index contributed by atoms with van der Waals surface area (Å²) in [5.74, 6) is 0.748. The van der Waals surface area contributed by atoms with Crippen LogP contribution in [0.3, 0.4) is 0 Å². The highest BCUT2D eigenvalue weighted by molar-refractivity contribution is 5.96. The minimum absolute atomic E-state index is 0.267. The molecule has 2 aromatic carbocycles. The molecule has 1 aliphatic carbocycles. The molecule has 0 aliphatic heterocycles. The fraction of sp³-hybridized carbons (Fsp3) is 0.500. The lowest BCUT2D eigenvalue weighted by Gasteiger charge is -2.26. The molecule has 2 aromatic rings. The fourth-order valence-corrected chi connectivity index (χ4v) is 5.37. The Morgan fingerprint density at radius 2 is 1.14 bits per heavy atom. The van der Waals surface area contributed by atoms with E-state index in [9.17, 15) is 9.59 Å². The highest BCUT2D eigenvalue weighted by Gasteiger charge is 2.25. The van der Waals surface area contributed by atoms with Gasteiger partial charge in [-0.3, -0.25) is 0 Å². The third kappa shape index (κ3) is 9.78. The summed E-state index contributed by atoms with van der Waals surface area (Å²) in [6.45, 7) is 12.0. The van der Waals surface area contributed by atoms with Crippen LogP contribution in [-0.2, 0) is 31.9 Å². The number of carbonyl (C=O) groups is 2. The number of fused-ring (bicyclic) bond motifs is 2. The molecule has 2 atom stereocenters. The zero-order valence-electron chi connectivity index (χ0n) is 25.5. The van der Waals surface area contributed by atoms with E-state index in [-0.39, 0.29) is 25.4 Å². The van der Waals surface area contributed by atoms with E-state index in [1.807, 2.05) is 24.3 Å². The second kappa shape index (κ2) is 18.1. The highest BCUT2D eigenvalue weighted by atomic mass is 16.6. The lowest BCUT2D eigenvalue weighted by Crippen LogP contribution is -2.26. The van der Waals surface area contributed by atoms with Crippen molar-refractivity contribution in [1.82, 2.24) is 0 Å². The average Bonchev–Trinajstić information content (AvgIpc) is 3.02. The Balaban J connectivity index is 1.88. The highest BCUT2D eigenvalue weighted by Crippen LogP contribution is 2.43. The van der Waals surface area contributed by atoms with E-state index in [4.69, 9.17) is 18.9 Å². The number of rotatable bonds is 20. The van der Waals surface area contributed by atoms with Crippen molar-refractivity contribution in [2.24, 2.45) is 0 Å². The first-order valence-corrected chi connectivity index (χ1v) is 15.6. The summed E-state index contributed by atoms with van der Waals surface area (Å²) >= 11 is 0. The molecule has 0 radical (unpaired) electrons. The van der Waals surface area contributed by atoms with Crippen LogP contribution in [0.2, 0.25) is 0 Å². The predicted octanol–water partition coefficient (Wildman–Crippen LogP) is 8.39. The van der Waals surface area contributed by atoms with Crippen LogP contribution in [0.25, 0.3) is 10.8 Å². The molecule has 0 saturated heterocycles. The lowest BCUT2D eigenvalue weighted by atomic mass is 9.90. The van der Waals surface area contributed by atoms with Crippen molar-refractivity contribution in [3.63, 3.8) is 0 Å². The Kier molecular flexibility index (Phi) is 14.2. The van der Waals surface area contributed by atoms with Crippen molar-refractivity contribution in [2.75, 3.05) is 13.2 Å². The molecule has 0 spiro atoms. The molecule has 0 aromatic heterocycles. The first-order chi connectivity index (χ1) is 20.5. The Morgan fingerprint density at radius 1 is 0.714 bits per heavy atom. The molecule has 0 amide bonds. The first kappa shape index (κ1) is 33.0. The van der Waals surface area contributed by atoms with Crippen LogP contribution in [-0.4, -0.2) is 37.4 Å². The number of allylic oxidation sites excluding steroid dienone is 2. The Hall–Kier alpha value is -3.54. The van der Waals surface area contributed by atoms with Crippen LogP contribution in [0.1, 0.15) is 89.2 Å². The van der Waals surface area contributed by atoms with E-state index in [1.165, 1.54) is 12.2 Å². The van der Waals surface area contributed by atoms with E-state index in [1.54, 1.807) is 0 Å². The summed E-state index contributed by atoms with van der Waals surface area (Å²) in [4.78, 5) is 24.1. The largest absolute Gasteiger partial charge is 0.489 e. The number of hydrogen-bond donors (Lipinski definition) is 0. The van der Waals surface area contributed by atoms with Crippen molar-refractivity contribution < 1.29 is 28.5 Å². The SMILES string of the molecule is C=CC(=O)OC(CCCCCC)COc1c2c(c(OCC(CCCCCC)OC(=O)C=C)c3ccccc13)CC=CC2. The van der Waals surface area contributed by atoms with E-state index in [0.29, 0.717) is 12.8 Å². The van der Waals surface area contributed by atoms with E-state index >= 15 is 0 Å². The summed E-state index contributed by atoms with van der Waals surface area (Å²) in [5, 5.41) is 1.90. The average molecular weight is 577 g/mol. The number of carbonyl (C=O) groups excluding carboxylic acids is 2.